The number of fused-ring (bicyclic) bond motifs is 3. The Kier molecular flexibility index (Phi) is 3.33. The van der Waals surface area contributed by atoms with Crippen LogP contribution in [0.3, 0.4) is 0 Å². The monoisotopic (exact) mass is 283 g/mol. The molecule has 3 aromatic rings. The van der Waals surface area contributed by atoms with Crippen molar-refractivity contribution in [3.8, 4) is 0 Å². The summed E-state index contributed by atoms with van der Waals surface area (Å²) in [6, 6.07) is 7.81. The van der Waals surface area contributed by atoms with Gasteiger partial charge in [0.05, 0.1) is 11.0 Å². The molecule has 2 heterocycles. The van der Waals surface area contributed by atoms with Crippen LogP contribution in [0.2, 0.25) is 0 Å². The molecular formula is C17H21N3O. The highest BCUT2D eigenvalue weighted by Gasteiger charge is 2.15. The van der Waals surface area contributed by atoms with Crippen molar-refractivity contribution in [2.24, 2.45) is 0 Å². The summed E-state index contributed by atoms with van der Waals surface area (Å²) in [6.07, 6.45) is 1.96. The second kappa shape index (κ2) is 5.04. The normalized spacial score (nSPS) is 13.4. The molecule has 0 saturated carbocycles. The zero-order valence-electron chi connectivity index (χ0n) is 13.0. The van der Waals surface area contributed by atoms with Crippen LogP contribution < -0.4 is 5.43 Å². The number of nitrogens with zero attached hydrogens (tertiary/aromatic N) is 2. The van der Waals surface area contributed by atoms with E-state index in [2.05, 4.69) is 48.5 Å². The van der Waals surface area contributed by atoms with Gasteiger partial charge in [0, 0.05) is 41.3 Å². The third-order valence-electron chi connectivity index (χ3n) is 4.31. The lowest BCUT2D eigenvalue weighted by molar-refractivity contribution is 0.288. The van der Waals surface area contributed by atoms with Gasteiger partial charge in [0.25, 0.3) is 0 Å². The second-order valence-electron chi connectivity index (χ2n) is 5.97. The molecule has 0 aliphatic carbocycles. The van der Waals surface area contributed by atoms with Crippen molar-refractivity contribution >= 4 is 21.8 Å². The number of benzene rings is 1. The topological polar surface area (TPSA) is 41.0 Å². The fraction of sp³-hybridized carbons (Fsp3) is 0.353. The third kappa shape index (κ3) is 2.25. The molecule has 0 amide bonds. The van der Waals surface area contributed by atoms with Gasteiger partial charge in [-0.2, -0.15) is 0 Å². The van der Waals surface area contributed by atoms with Crippen molar-refractivity contribution in [3.05, 3.63) is 46.4 Å². The molecule has 1 atom stereocenters. The lowest BCUT2D eigenvalue weighted by atomic mass is 10.2. The molecule has 4 heteroatoms. The van der Waals surface area contributed by atoms with Gasteiger partial charge >= 0.3 is 0 Å². The van der Waals surface area contributed by atoms with Crippen LogP contribution in [0.5, 0.6) is 0 Å². The van der Waals surface area contributed by atoms with Crippen LogP contribution in [0.15, 0.2) is 35.3 Å². The summed E-state index contributed by atoms with van der Waals surface area (Å²) in [5.41, 5.74) is 3.40. The van der Waals surface area contributed by atoms with E-state index in [1.807, 2.05) is 12.3 Å². The fourth-order valence-electron chi connectivity index (χ4n) is 2.86. The lowest BCUT2D eigenvalue weighted by Gasteiger charge is -2.21. The SMILES string of the molecule is Cc1[nH]ccc2c3ccc(=O)cc3n(CC(C)N(C)C)c12. The highest BCUT2D eigenvalue weighted by Crippen LogP contribution is 2.29. The van der Waals surface area contributed by atoms with E-state index in [1.165, 1.54) is 10.9 Å². The fourth-order valence-corrected chi connectivity index (χ4v) is 2.86. The van der Waals surface area contributed by atoms with Crippen LogP contribution in [0.1, 0.15) is 12.6 Å². The van der Waals surface area contributed by atoms with Crippen molar-refractivity contribution in [2.75, 3.05) is 14.1 Å². The number of aromatic amines is 1. The van der Waals surface area contributed by atoms with E-state index in [-0.39, 0.29) is 5.43 Å². The Bertz CT molecular complexity index is 857. The molecule has 1 N–H and O–H groups in total. The predicted molar refractivity (Wildman–Crippen MR) is 88.0 cm³/mol. The maximum Gasteiger partial charge on any atom is 0.180 e. The number of nitrogens with one attached hydrogen (secondary N) is 1. The van der Waals surface area contributed by atoms with Gasteiger partial charge in [0.1, 0.15) is 0 Å². The van der Waals surface area contributed by atoms with E-state index in [1.54, 1.807) is 12.1 Å². The minimum Gasteiger partial charge on any atom is -0.364 e. The minimum absolute atomic E-state index is 0.0608. The molecule has 3 rings (SSSR count). The number of H-pyrrole nitrogens is 1. The van der Waals surface area contributed by atoms with E-state index in [0.717, 1.165) is 23.1 Å². The Morgan fingerprint density at radius 3 is 2.71 bits per heavy atom. The number of hydrogen-bond acceptors (Lipinski definition) is 2. The number of likely N-dealkylation sites (N-methyl/N-ethyl adjacent to an activating group) is 1. The van der Waals surface area contributed by atoms with Crippen molar-refractivity contribution in [1.29, 1.82) is 0 Å². The van der Waals surface area contributed by atoms with E-state index in [0.29, 0.717) is 6.04 Å². The molecule has 0 saturated heterocycles. The van der Waals surface area contributed by atoms with Crippen molar-refractivity contribution in [2.45, 2.75) is 26.4 Å². The molecule has 0 radical (unpaired) electrons. The van der Waals surface area contributed by atoms with Gasteiger partial charge in [0.15, 0.2) is 5.43 Å². The zero-order chi connectivity index (χ0) is 15.1. The Morgan fingerprint density at radius 2 is 2.00 bits per heavy atom. The van der Waals surface area contributed by atoms with Gasteiger partial charge in [-0.25, -0.2) is 0 Å². The summed E-state index contributed by atoms with van der Waals surface area (Å²) in [4.78, 5) is 17.3. The molecule has 2 aromatic heterocycles. The third-order valence-corrected chi connectivity index (χ3v) is 4.31. The summed E-state index contributed by atoms with van der Waals surface area (Å²) in [6.45, 7) is 5.13. The van der Waals surface area contributed by atoms with Crippen LogP contribution in [0.25, 0.3) is 21.8 Å². The molecule has 21 heavy (non-hydrogen) atoms. The van der Waals surface area contributed by atoms with Gasteiger partial charge < -0.3 is 14.5 Å². The average Bonchev–Trinajstić information content (AvgIpc) is 2.74. The van der Waals surface area contributed by atoms with Crippen LogP contribution in [-0.4, -0.2) is 34.6 Å². The van der Waals surface area contributed by atoms with Crippen LogP contribution in [0, 0.1) is 6.92 Å². The molecule has 1 aromatic carbocycles. The molecule has 4 nitrogen and oxygen atoms in total. The van der Waals surface area contributed by atoms with Crippen LogP contribution in [0.4, 0.5) is 0 Å². The predicted octanol–water partition coefficient (Wildman–Crippen LogP) is 2.74. The highest BCUT2D eigenvalue weighted by atomic mass is 16.1. The smallest absolute Gasteiger partial charge is 0.180 e. The average molecular weight is 283 g/mol. The largest absolute Gasteiger partial charge is 0.364 e. The summed E-state index contributed by atoms with van der Waals surface area (Å²) in [5.74, 6) is 0. The molecule has 0 bridgehead atoms. The Hall–Kier alpha value is -2.07. The maximum absolute atomic E-state index is 11.8. The first kappa shape index (κ1) is 13.9. The molecule has 0 aliphatic rings. The van der Waals surface area contributed by atoms with Crippen molar-refractivity contribution in [3.63, 3.8) is 0 Å². The van der Waals surface area contributed by atoms with Gasteiger partial charge in [-0.1, -0.05) is 0 Å². The second-order valence-corrected chi connectivity index (χ2v) is 5.97. The number of hydrogen-bond donors (Lipinski definition) is 1. The highest BCUT2D eigenvalue weighted by molar-refractivity contribution is 6.08. The molecule has 0 aliphatic heterocycles. The van der Waals surface area contributed by atoms with Crippen molar-refractivity contribution < 1.29 is 0 Å². The van der Waals surface area contributed by atoms with Crippen molar-refractivity contribution in [1.82, 2.24) is 14.5 Å². The van der Waals surface area contributed by atoms with Gasteiger partial charge in [0.2, 0.25) is 0 Å². The van der Waals surface area contributed by atoms with Crippen LogP contribution >= 0.6 is 0 Å². The van der Waals surface area contributed by atoms with Gasteiger partial charge in [-0.3, -0.25) is 4.79 Å². The standard InChI is InChI=1S/C17H21N3O/c1-11(19(3)4)10-20-16-9-13(21)5-6-14(16)15-7-8-18-12(2)17(15)20/h5-9,11,18H,10H2,1-4H3. The molecule has 110 valence electrons. The maximum atomic E-state index is 11.8. The number of rotatable bonds is 3. The number of pyridine rings is 1. The van der Waals surface area contributed by atoms with Gasteiger partial charge in [-0.15, -0.1) is 0 Å². The Labute approximate surface area is 124 Å². The van der Waals surface area contributed by atoms with E-state index in [9.17, 15) is 4.79 Å². The zero-order valence-corrected chi connectivity index (χ0v) is 13.0. The number of aryl methyl sites for hydroxylation is 1. The first-order valence-electron chi connectivity index (χ1n) is 7.25. The van der Waals surface area contributed by atoms with E-state index >= 15 is 0 Å². The first-order valence-corrected chi connectivity index (χ1v) is 7.25. The van der Waals surface area contributed by atoms with Gasteiger partial charge in [-0.05, 0) is 46.1 Å². The quantitative estimate of drug-likeness (QED) is 0.803. The van der Waals surface area contributed by atoms with E-state index < -0.39 is 0 Å². The summed E-state index contributed by atoms with van der Waals surface area (Å²) in [7, 11) is 4.16. The molecule has 1 unspecified atom stereocenters. The minimum atomic E-state index is 0.0608. The van der Waals surface area contributed by atoms with Crippen LogP contribution in [-0.2, 0) is 6.54 Å². The molecule has 0 spiro atoms. The Morgan fingerprint density at radius 1 is 1.24 bits per heavy atom. The Balaban J connectivity index is 2.36. The summed E-state index contributed by atoms with van der Waals surface area (Å²) >= 11 is 0. The summed E-state index contributed by atoms with van der Waals surface area (Å²) < 4.78 is 2.27. The van der Waals surface area contributed by atoms with E-state index in [4.69, 9.17) is 0 Å². The lowest BCUT2D eigenvalue weighted by Crippen LogP contribution is -2.29. The number of aromatic nitrogens is 2. The first-order chi connectivity index (χ1) is 9.99. The molecule has 0 fully saturated rings. The molecular weight excluding hydrogens is 262 g/mol. The summed E-state index contributed by atoms with van der Waals surface area (Å²) in [5, 5.41) is 2.35.